The van der Waals surface area contributed by atoms with Crippen molar-refractivity contribution in [1.82, 2.24) is 15.6 Å². The van der Waals surface area contributed by atoms with Gasteiger partial charge in [0.05, 0.1) is 12.1 Å². The zero-order valence-electron chi connectivity index (χ0n) is 13.5. The van der Waals surface area contributed by atoms with Gasteiger partial charge in [-0.3, -0.25) is 4.99 Å². The van der Waals surface area contributed by atoms with Crippen molar-refractivity contribution in [2.75, 3.05) is 32.8 Å². The molecule has 7 heteroatoms. The fourth-order valence-corrected chi connectivity index (χ4v) is 2.47. The molecule has 0 aliphatic carbocycles. The molecule has 0 spiro atoms. The minimum atomic E-state index is -0.749. The van der Waals surface area contributed by atoms with Crippen molar-refractivity contribution in [3.8, 4) is 0 Å². The molecule has 1 fully saturated rings. The number of aromatic nitrogens is 1. The van der Waals surface area contributed by atoms with Gasteiger partial charge in [-0.2, -0.15) is 0 Å². The first-order valence-electron chi connectivity index (χ1n) is 8.04. The SMILES string of the molecule is CCNC(=NCC1(O)CCOCC1)NCCc1ccc(Cl)nc1. The lowest BCUT2D eigenvalue weighted by Gasteiger charge is -2.30. The number of ether oxygens (including phenoxy) is 1. The molecule has 0 unspecified atom stereocenters. The summed E-state index contributed by atoms with van der Waals surface area (Å²) in [5.74, 6) is 0.717. The van der Waals surface area contributed by atoms with Crippen LogP contribution in [-0.4, -0.2) is 54.5 Å². The van der Waals surface area contributed by atoms with Crippen LogP contribution in [0.5, 0.6) is 0 Å². The molecule has 0 radical (unpaired) electrons. The number of aliphatic imine (C=N–C) groups is 1. The van der Waals surface area contributed by atoms with Crippen molar-refractivity contribution in [1.29, 1.82) is 0 Å². The first kappa shape index (κ1) is 18.0. The molecule has 1 aromatic rings. The summed E-state index contributed by atoms with van der Waals surface area (Å²) in [6, 6.07) is 3.75. The third kappa shape index (κ3) is 6.33. The van der Waals surface area contributed by atoms with Crippen molar-refractivity contribution in [3.05, 3.63) is 29.0 Å². The Morgan fingerprint density at radius 3 is 2.83 bits per heavy atom. The topological polar surface area (TPSA) is 78.8 Å². The number of nitrogens with one attached hydrogen (secondary N) is 2. The molecule has 0 saturated carbocycles. The molecule has 0 atom stereocenters. The quantitative estimate of drug-likeness (QED) is 0.414. The highest BCUT2D eigenvalue weighted by Crippen LogP contribution is 2.20. The molecule has 23 heavy (non-hydrogen) atoms. The summed E-state index contributed by atoms with van der Waals surface area (Å²) < 4.78 is 5.29. The molecule has 1 aliphatic heterocycles. The molecular weight excluding hydrogens is 316 g/mol. The maximum atomic E-state index is 10.5. The average molecular weight is 341 g/mol. The van der Waals surface area contributed by atoms with Gasteiger partial charge in [-0.1, -0.05) is 17.7 Å². The van der Waals surface area contributed by atoms with Crippen molar-refractivity contribution >= 4 is 17.6 Å². The highest BCUT2D eigenvalue weighted by atomic mass is 35.5. The van der Waals surface area contributed by atoms with Gasteiger partial charge in [-0.25, -0.2) is 4.98 Å². The van der Waals surface area contributed by atoms with Crippen LogP contribution in [0.2, 0.25) is 5.15 Å². The summed E-state index contributed by atoms with van der Waals surface area (Å²) in [6.45, 7) is 5.10. The number of hydrogen-bond acceptors (Lipinski definition) is 4. The lowest BCUT2D eigenvalue weighted by Crippen LogP contribution is -2.43. The van der Waals surface area contributed by atoms with Crippen LogP contribution in [0.4, 0.5) is 0 Å². The van der Waals surface area contributed by atoms with Gasteiger partial charge in [-0.15, -0.1) is 0 Å². The van der Waals surface area contributed by atoms with Crippen molar-refractivity contribution in [3.63, 3.8) is 0 Å². The predicted molar refractivity (Wildman–Crippen MR) is 91.9 cm³/mol. The molecule has 1 aromatic heterocycles. The van der Waals surface area contributed by atoms with Gasteiger partial charge in [0.15, 0.2) is 5.96 Å². The lowest BCUT2D eigenvalue weighted by atomic mass is 9.95. The molecule has 0 amide bonds. The first-order valence-corrected chi connectivity index (χ1v) is 8.42. The third-order valence-corrected chi connectivity index (χ3v) is 4.02. The van der Waals surface area contributed by atoms with Gasteiger partial charge in [0.1, 0.15) is 5.15 Å². The smallest absolute Gasteiger partial charge is 0.191 e. The van der Waals surface area contributed by atoms with Crippen LogP contribution in [-0.2, 0) is 11.2 Å². The highest BCUT2D eigenvalue weighted by Gasteiger charge is 2.29. The molecular formula is C16H25ClN4O2. The van der Waals surface area contributed by atoms with E-state index in [-0.39, 0.29) is 0 Å². The molecule has 2 heterocycles. The minimum absolute atomic E-state index is 0.383. The predicted octanol–water partition coefficient (Wildman–Crippen LogP) is 1.37. The van der Waals surface area contributed by atoms with E-state index in [1.54, 1.807) is 12.3 Å². The van der Waals surface area contributed by atoms with E-state index in [4.69, 9.17) is 16.3 Å². The van der Waals surface area contributed by atoms with E-state index >= 15 is 0 Å². The standard InChI is InChI=1S/C16H25ClN4O2/c1-2-18-15(21-12-16(22)6-9-23-10-7-16)19-8-5-13-3-4-14(17)20-11-13/h3-4,11,22H,2,5-10,12H2,1H3,(H2,18,19,21). The first-order chi connectivity index (χ1) is 11.1. The summed E-state index contributed by atoms with van der Waals surface area (Å²) >= 11 is 5.78. The largest absolute Gasteiger partial charge is 0.388 e. The second kappa shape index (κ2) is 9.05. The van der Waals surface area contributed by atoms with Crippen LogP contribution < -0.4 is 10.6 Å². The molecule has 2 rings (SSSR count). The van der Waals surface area contributed by atoms with Crippen LogP contribution in [0.15, 0.2) is 23.3 Å². The monoisotopic (exact) mass is 340 g/mol. The van der Waals surface area contributed by atoms with E-state index in [1.165, 1.54) is 0 Å². The van der Waals surface area contributed by atoms with Gasteiger partial charge < -0.3 is 20.5 Å². The number of nitrogens with zero attached hydrogens (tertiary/aromatic N) is 2. The molecule has 0 aromatic carbocycles. The zero-order chi connectivity index (χ0) is 16.5. The number of guanidine groups is 1. The number of pyridine rings is 1. The van der Waals surface area contributed by atoms with Crippen molar-refractivity contribution < 1.29 is 9.84 Å². The fraction of sp³-hybridized carbons (Fsp3) is 0.625. The lowest BCUT2D eigenvalue weighted by molar-refractivity contribution is -0.0565. The van der Waals surface area contributed by atoms with Gasteiger partial charge in [0, 0.05) is 45.3 Å². The van der Waals surface area contributed by atoms with Crippen LogP contribution in [0.25, 0.3) is 0 Å². The molecule has 1 saturated heterocycles. The Labute approximate surface area is 142 Å². The average Bonchev–Trinajstić information content (AvgIpc) is 2.55. The summed E-state index contributed by atoms with van der Waals surface area (Å²) in [6.07, 6.45) is 3.87. The Morgan fingerprint density at radius 1 is 1.39 bits per heavy atom. The summed E-state index contributed by atoms with van der Waals surface area (Å²) in [5, 5.41) is 17.4. The van der Waals surface area contributed by atoms with E-state index in [9.17, 15) is 5.11 Å². The molecule has 6 nitrogen and oxygen atoms in total. The Morgan fingerprint density at radius 2 is 2.17 bits per heavy atom. The van der Waals surface area contributed by atoms with Crippen LogP contribution in [0, 0.1) is 0 Å². The van der Waals surface area contributed by atoms with E-state index in [1.807, 2.05) is 13.0 Å². The summed E-state index contributed by atoms with van der Waals surface area (Å²) in [5.41, 5.74) is 0.363. The third-order valence-electron chi connectivity index (χ3n) is 3.79. The summed E-state index contributed by atoms with van der Waals surface area (Å²) in [4.78, 5) is 8.57. The van der Waals surface area contributed by atoms with Gasteiger partial charge >= 0.3 is 0 Å². The minimum Gasteiger partial charge on any atom is -0.388 e. The van der Waals surface area contributed by atoms with E-state index in [0.717, 1.165) is 25.1 Å². The highest BCUT2D eigenvalue weighted by molar-refractivity contribution is 6.29. The van der Waals surface area contributed by atoms with Crippen LogP contribution >= 0.6 is 11.6 Å². The van der Waals surface area contributed by atoms with Crippen molar-refractivity contribution in [2.45, 2.75) is 31.8 Å². The number of hydrogen-bond donors (Lipinski definition) is 3. The van der Waals surface area contributed by atoms with Gasteiger partial charge in [-0.05, 0) is 25.0 Å². The number of halogens is 1. The van der Waals surface area contributed by atoms with E-state index < -0.39 is 5.60 Å². The normalized spacial score (nSPS) is 17.8. The van der Waals surface area contributed by atoms with E-state index in [2.05, 4.69) is 20.6 Å². The number of aliphatic hydroxyl groups is 1. The maximum absolute atomic E-state index is 10.5. The Balaban J connectivity index is 1.82. The van der Waals surface area contributed by atoms with Crippen LogP contribution in [0.3, 0.4) is 0 Å². The van der Waals surface area contributed by atoms with Crippen LogP contribution in [0.1, 0.15) is 25.3 Å². The summed E-state index contributed by atoms with van der Waals surface area (Å²) in [7, 11) is 0. The molecule has 1 aliphatic rings. The maximum Gasteiger partial charge on any atom is 0.191 e. The number of rotatable bonds is 6. The Kier molecular flexibility index (Phi) is 7.08. The molecule has 128 valence electrons. The second-order valence-electron chi connectivity index (χ2n) is 5.70. The van der Waals surface area contributed by atoms with Gasteiger partial charge in [0.2, 0.25) is 0 Å². The Bertz CT molecular complexity index is 501. The Hall–Kier alpha value is -1.37. The molecule has 0 bridgehead atoms. The van der Waals surface area contributed by atoms with Crippen molar-refractivity contribution in [2.24, 2.45) is 4.99 Å². The van der Waals surface area contributed by atoms with Gasteiger partial charge in [0.25, 0.3) is 0 Å². The second-order valence-corrected chi connectivity index (χ2v) is 6.09. The van der Waals surface area contributed by atoms with E-state index in [0.29, 0.717) is 43.7 Å². The molecule has 3 N–H and O–H groups in total. The fourth-order valence-electron chi connectivity index (χ4n) is 2.36. The zero-order valence-corrected chi connectivity index (χ0v) is 14.3.